The zero-order chi connectivity index (χ0) is 19.8. The predicted octanol–water partition coefficient (Wildman–Crippen LogP) is 4.71. The lowest BCUT2D eigenvalue weighted by Gasteiger charge is -2.21. The Morgan fingerprint density at radius 3 is 2.52 bits per heavy atom. The maximum atomic E-state index is 13.2. The van der Waals surface area contributed by atoms with Crippen LogP contribution in [0.25, 0.3) is 29.4 Å². The number of hydrogen-bond acceptors (Lipinski definition) is 1. The molecule has 0 saturated heterocycles. The Kier molecular flexibility index (Phi) is 4.52. The van der Waals surface area contributed by atoms with Crippen LogP contribution in [0.1, 0.15) is 30.0 Å². The molecule has 142 valence electrons. The van der Waals surface area contributed by atoms with Gasteiger partial charge in [0.25, 0.3) is 0 Å². The molecule has 1 heteroatoms. The summed E-state index contributed by atoms with van der Waals surface area (Å²) in [6, 6.07) is 23.3. The Morgan fingerprint density at radius 2 is 1.66 bits per heavy atom. The molecule has 0 radical (unpaired) electrons. The van der Waals surface area contributed by atoms with Gasteiger partial charge in [0.2, 0.25) is 0 Å². The van der Waals surface area contributed by atoms with Crippen LogP contribution in [0.5, 0.6) is 0 Å². The van der Waals surface area contributed by atoms with Gasteiger partial charge in [-0.3, -0.25) is 4.79 Å². The van der Waals surface area contributed by atoms with Crippen LogP contribution in [-0.2, 0) is 17.6 Å². The Labute approximate surface area is 171 Å². The van der Waals surface area contributed by atoms with E-state index in [-0.39, 0.29) is 11.7 Å². The van der Waals surface area contributed by atoms with Crippen molar-refractivity contribution in [1.82, 2.24) is 0 Å². The van der Waals surface area contributed by atoms with Gasteiger partial charge < -0.3 is 0 Å². The second-order valence-electron chi connectivity index (χ2n) is 8.08. The maximum absolute atomic E-state index is 13.2. The Morgan fingerprint density at radius 1 is 0.862 bits per heavy atom. The summed E-state index contributed by atoms with van der Waals surface area (Å²) in [4.78, 5) is 13.2. The standard InChI is InChI=1S/C28H24O/c1-19(17-20-7-3-2-4-8-20)28(29)23-12-11-22-14-15-25-24-10-6-5-9-21(24)13-16-26(25)27(22)18-23/h2-10,14-18,23H,11-13H2,1H3. The number of fused-ring (bicyclic) bond motifs is 5. The number of allylic oxidation sites excluding steroid dienone is 1. The van der Waals surface area contributed by atoms with Gasteiger partial charge in [-0.15, -0.1) is 0 Å². The first-order valence-corrected chi connectivity index (χ1v) is 10.4. The van der Waals surface area contributed by atoms with E-state index >= 15 is 0 Å². The van der Waals surface area contributed by atoms with Gasteiger partial charge in [-0.1, -0.05) is 78.9 Å². The fraction of sp³-hybridized carbons (Fsp3) is 0.179. The Bertz CT molecular complexity index is 1250. The second-order valence-corrected chi connectivity index (χ2v) is 8.08. The van der Waals surface area contributed by atoms with Gasteiger partial charge in [-0.2, -0.15) is 0 Å². The summed E-state index contributed by atoms with van der Waals surface area (Å²) in [6.45, 7) is 1.95. The third-order valence-electron chi connectivity index (χ3n) is 6.21. The van der Waals surface area contributed by atoms with Crippen molar-refractivity contribution in [2.24, 2.45) is 5.92 Å². The summed E-state index contributed by atoms with van der Waals surface area (Å²) < 4.78 is 0. The van der Waals surface area contributed by atoms with Crippen LogP contribution in [0.2, 0.25) is 0 Å². The molecule has 0 amide bonds. The first-order chi connectivity index (χ1) is 14.2. The summed E-state index contributed by atoms with van der Waals surface area (Å²) in [6.07, 6.45) is 9.39. The topological polar surface area (TPSA) is 17.1 Å². The smallest absolute Gasteiger partial charge is 0.165 e. The molecule has 3 aromatic rings. The lowest BCUT2D eigenvalue weighted by molar-refractivity contribution is -0.117. The predicted molar refractivity (Wildman–Crippen MR) is 121 cm³/mol. The number of carbonyl (C=O) groups excluding carboxylic acids is 1. The van der Waals surface area contributed by atoms with E-state index in [1.165, 1.54) is 32.7 Å². The highest BCUT2D eigenvalue weighted by Gasteiger charge is 2.22. The van der Waals surface area contributed by atoms with Crippen LogP contribution in [0.4, 0.5) is 0 Å². The van der Waals surface area contributed by atoms with Crippen LogP contribution in [0.3, 0.4) is 0 Å². The molecule has 0 saturated carbocycles. The average molecular weight is 376 g/mol. The fourth-order valence-corrected chi connectivity index (χ4v) is 4.69. The molecule has 0 spiro atoms. The first kappa shape index (κ1) is 17.9. The zero-order valence-corrected chi connectivity index (χ0v) is 16.7. The molecule has 1 atom stereocenters. The summed E-state index contributed by atoms with van der Waals surface area (Å²) in [5, 5.41) is 2.58. The molecule has 0 bridgehead atoms. The van der Waals surface area contributed by atoms with Gasteiger partial charge in [0.1, 0.15) is 0 Å². The van der Waals surface area contributed by atoms with Crippen molar-refractivity contribution < 1.29 is 4.79 Å². The zero-order valence-electron chi connectivity index (χ0n) is 16.7. The van der Waals surface area contributed by atoms with Gasteiger partial charge in [-0.05, 0) is 76.1 Å². The number of hydrogen-bond donors (Lipinski definition) is 0. The summed E-state index contributed by atoms with van der Waals surface area (Å²) in [5.41, 5.74) is 7.29. The highest BCUT2D eigenvalue weighted by molar-refractivity contribution is 6.03. The molecule has 0 heterocycles. The monoisotopic (exact) mass is 376 g/mol. The van der Waals surface area contributed by atoms with E-state index in [0.717, 1.165) is 30.4 Å². The molecule has 0 fully saturated rings. The molecule has 1 unspecified atom stereocenters. The van der Waals surface area contributed by atoms with Crippen LogP contribution in [0.15, 0.2) is 72.3 Å². The quantitative estimate of drug-likeness (QED) is 0.605. The summed E-state index contributed by atoms with van der Waals surface area (Å²) >= 11 is 0. The number of ketones is 1. The highest BCUT2D eigenvalue weighted by Crippen LogP contribution is 2.26. The Balaban J connectivity index is 1.56. The van der Waals surface area contributed by atoms with E-state index in [9.17, 15) is 4.79 Å². The number of rotatable bonds is 3. The van der Waals surface area contributed by atoms with Crippen LogP contribution >= 0.6 is 0 Å². The first-order valence-electron chi connectivity index (χ1n) is 10.4. The molecule has 0 aromatic heterocycles. The van der Waals surface area contributed by atoms with Gasteiger partial charge >= 0.3 is 0 Å². The molecule has 2 aliphatic carbocycles. The van der Waals surface area contributed by atoms with E-state index in [1.807, 2.05) is 43.3 Å². The summed E-state index contributed by atoms with van der Waals surface area (Å²) in [7, 11) is 0. The van der Waals surface area contributed by atoms with Gasteiger partial charge in [0.15, 0.2) is 5.78 Å². The highest BCUT2D eigenvalue weighted by atomic mass is 16.1. The third-order valence-corrected chi connectivity index (χ3v) is 6.21. The van der Waals surface area contributed by atoms with Crippen molar-refractivity contribution in [3.63, 3.8) is 0 Å². The van der Waals surface area contributed by atoms with Crippen molar-refractivity contribution in [3.8, 4) is 11.1 Å². The largest absolute Gasteiger partial charge is 0.294 e. The number of aryl methyl sites for hydroxylation is 1. The molecule has 1 nitrogen and oxygen atoms in total. The van der Waals surface area contributed by atoms with E-state index in [4.69, 9.17) is 0 Å². The molecular weight excluding hydrogens is 352 g/mol. The fourth-order valence-electron chi connectivity index (χ4n) is 4.69. The van der Waals surface area contributed by atoms with Crippen LogP contribution in [0, 0.1) is 5.92 Å². The van der Waals surface area contributed by atoms with Crippen molar-refractivity contribution in [2.45, 2.75) is 26.2 Å². The van der Waals surface area contributed by atoms with E-state index < -0.39 is 0 Å². The minimum Gasteiger partial charge on any atom is -0.294 e. The molecule has 0 N–H and O–H groups in total. The second kappa shape index (κ2) is 7.33. The van der Waals surface area contributed by atoms with Crippen LogP contribution in [-0.4, -0.2) is 5.78 Å². The van der Waals surface area contributed by atoms with Crippen molar-refractivity contribution in [3.05, 3.63) is 99.4 Å². The normalized spacial score (nSPS) is 17.3. The van der Waals surface area contributed by atoms with E-state index in [1.54, 1.807) is 0 Å². The van der Waals surface area contributed by atoms with Crippen molar-refractivity contribution >= 4 is 24.0 Å². The number of Topliss-reactive ketones (excluding diaryl/α,β-unsaturated/α-hetero) is 1. The van der Waals surface area contributed by atoms with Crippen LogP contribution < -0.4 is 10.4 Å². The lowest BCUT2D eigenvalue weighted by atomic mass is 9.82. The lowest BCUT2D eigenvalue weighted by Crippen LogP contribution is -2.37. The molecular formula is C28H24O. The average Bonchev–Trinajstić information content (AvgIpc) is 2.78. The van der Waals surface area contributed by atoms with Gasteiger partial charge in [0, 0.05) is 5.92 Å². The molecule has 5 rings (SSSR count). The van der Waals surface area contributed by atoms with Gasteiger partial charge in [0.05, 0.1) is 0 Å². The van der Waals surface area contributed by atoms with E-state index in [0.29, 0.717) is 0 Å². The number of benzene rings is 3. The summed E-state index contributed by atoms with van der Waals surface area (Å²) in [5.74, 6) is 0.202. The molecule has 2 aliphatic rings. The minimum atomic E-state index is -0.0421. The SMILES string of the molecule is CC(=Cc1ccccc1)C(=O)C1C=c2c(ccc3c2=CCc2ccccc2-3)CC1. The van der Waals surface area contributed by atoms with E-state index in [2.05, 4.69) is 48.6 Å². The third kappa shape index (κ3) is 3.27. The molecule has 3 aromatic carbocycles. The van der Waals surface area contributed by atoms with Crippen molar-refractivity contribution in [1.29, 1.82) is 0 Å². The molecule has 0 aliphatic heterocycles. The number of carbonyl (C=O) groups is 1. The van der Waals surface area contributed by atoms with Crippen molar-refractivity contribution in [2.75, 3.05) is 0 Å². The maximum Gasteiger partial charge on any atom is 0.165 e. The minimum absolute atomic E-state index is 0.0421. The Hall–Kier alpha value is -3.19. The van der Waals surface area contributed by atoms with Gasteiger partial charge in [-0.25, -0.2) is 0 Å². The molecule has 29 heavy (non-hydrogen) atoms.